The summed E-state index contributed by atoms with van der Waals surface area (Å²) in [5, 5.41) is 9.59. The standard InChI is InChI=1S/C26H39NO8/c1-7-10-22(28)33-17(6)13-19(23(27)24(29)30)18-11-12-20(34-25(31)15(4)8-2)21(14-18)35-26(32)16(5)9-3/h11-12,14-17,19,23H,7-10,13,27H2,1-6H3,(H,29,30)/t15?,16?,17?,19?,23-/m0/s1. The Morgan fingerprint density at radius 1 is 0.914 bits per heavy atom. The number of benzene rings is 1. The van der Waals surface area contributed by atoms with Crippen LogP contribution in [0.25, 0.3) is 0 Å². The van der Waals surface area contributed by atoms with Gasteiger partial charge in [-0.15, -0.1) is 0 Å². The van der Waals surface area contributed by atoms with Gasteiger partial charge in [-0.2, -0.15) is 0 Å². The molecule has 9 nitrogen and oxygen atoms in total. The molecule has 0 saturated heterocycles. The summed E-state index contributed by atoms with van der Waals surface area (Å²) in [4.78, 5) is 48.5. The molecule has 0 radical (unpaired) electrons. The summed E-state index contributed by atoms with van der Waals surface area (Å²) in [7, 11) is 0. The Morgan fingerprint density at radius 3 is 1.94 bits per heavy atom. The van der Waals surface area contributed by atoms with Gasteiger partial charge in [-0.3, -0.25) is 19.2 Å². The molecule has 1 aromatic carbocycles. The zero-order chi connectivity index (χ0) is 26.7. The number of ether oxygens (including phenoxy) is 3. The fourth-order valence-corrected chi connectivity index (χ4v) is 3.23. The van der Waals surface area contributed by atoms with Crippen LogP contribution in [0.4, 0.5) is 0 Å². The summed E-state index contributed by atoms with van der Waals surface area (Å²) in [6.07, 6.45) is 1.54. The molecule has 0 saturated carbocycles. The third-order valence-electron chi connectivity index (χ3n) is 5.94. The second-order valence-corrected chi connectivity index (χ2v) is 8.92. The highest BCUT2D eigenvalue weighted by Gasteiger charge is 2.30. The van der Waals surface area contributed by atoms with Crippen LogP contribution in [0.2, 0.25) is 0 Å². The molecule has 9 heteroatoms. The number of esters is 3. The molecule has 0 bridgehead atoms. The minimum absolute atomic E-state index is 0.00247. The quantitative estimate of drug-likeness (QED) is 0.288. The van der Waals surface area contributed by atoms with Crippen LogP contribution in [-0.4, -0.2) is 41.1 Å². The van der Waals surface area contributed by atoms with Crippen LogP contribution >= 0.6 is 0 Å². The van der Waals surface area contributed by atoms with Crippen molar-refractivity contribution in [2.75, 3.05) is 0 Å². The minimum atomic E-state index is -1.31. The molecule has 5 atom stereocenters. The van der Waals surface area contributed by atoms with Crippen LogP contribution in [0.15, 0.2) is 18.2 Å². The third-order valence-corrected chi connectivity index (χ3v) is 5.94. The van der Waals surface area contributed by atoms with E-state index in [9.17, 15) is 24.3 Å². The van der Waals surface area contributed by atoms with E-state index in [0.717, 1.165) is 0 Å². The lowest BCUT2D eigenvalue weighted by atomic mass is 9.87. The van der Waals surface area contributed by atoms with Crippen molar-refractivity contribution in [3.8, 4) is 11.5 Å². The maximum Gasteiger partial charge on any atom is 0.321 e. The molecule has 4 unspecified atom stereocenters. The number of carboxylic acids is 1. The first-order valence-corrected chi connectivity index (χ1v) is 12.2. The van der Waals surface area contributed by atoms with Crippen LogP contribution in [0.5, 0.6) is 11.5 Å². The van der Waals surface area contributed by atoms with Gasteiger partial charge in [-0.1, -0.05) is 40.7 Å². The van der Waals surface area contributed by atoms with Gasteiger partial charge >= 0.3 is 23.9 Å². The van der Waals surface area contributed by atoms with Gasteiger partial charge in [0, 0.05) is 12.3 Å². The van der Waals surface area contributed by atoms with Crippen molar-refractivity contribution >= 4 is 23.9 Å². The van der Waals surface area contributed by atoms with Gasteiger partial charge in [0.15, 0.2) is 11.5 Å². The summed E-state index contributed by atoms with van der Waals surface area (Å²) in [5.41, 5.74) is 6.45. The normalized spacial score (nSPS) is 15.3. The predicted molar refractivity (Wildman–Crippen MR) is 130 cm³/mol. The van der Waals surface area contributed by atoms with Crippen LogP contribution < -0.4 is 15.2 Å². The molecule has 0 fully saturated rings. The topological polar surface area (TPSA) is 142 Å². The Bertz CT molecular complexity index is 884. The van der Waals surface area contributed by atoms with E-state index < -0.39 is 41.9 Å². The van der Waals surface area contributed by atoms with Crippen LogP contribution in [0, 0.1) is 11.8 Å². The molecule has 3 N–H and O–H groups in total. The molecule has 0 amide bonds. The number of carboxylic acid groups (broad SMARTS) is 1. The third kappa shape index (κ3) is 9.32. The fraction of sp³-hybridized carbons (Fsp3) is 0.615. The predicted octanol–water partition coefficient (Wildman–Crippen LogP) is 4.21. The monoisotopic (exact) mass is 493 g/mol. The van der Waals surface area contributed by atoms with E-state index in [-0.39, 0.29) is 36.2 Å². The second kappa shape index (κ2) is 14.5. The van der Waals surface area contributed by atoms with Crippen molar-refractivity contribution in [3.63, 3.8) is 0 Å². The molecule has 0 spiro atoms. The number of hydrogen-bond donors (Lipinski definition) is 2. The summed E-state index contributed by atoms with van der Waals surface area (Å²) in [5.74, 6) is -4.05. The lowest BCUT2D eigenvalue weighted by Crippen LogP contribution is -2.38. The van der Waals surface area contributed by atoms with Gasteiger partial charge in [-0.05, 0) is 50.3 Å². The van der Waals surface area contributed by atoms with Gasteiger partial charge < -0.3 is 25.1 Å². The first-order chi connectivity index (χ1) is 16.4. The molecule has 1 rings (SSSR count). The van der Waals surface area contributed by atoms with Gasteiger partial charge in [0.25, 0.3) is 0 Å². The Balaban J connectivity index is 3.38. The summed E-state index contributed by atoms with van der Waals surface area (Å²) in [6.45, 7) is 10.7. The first-order valence-electron chi connectivity index (χ1n) is 12.2. The molecule has 0 aliphatic rings. The lowest BCUT2D eigenvalue weighted by Gasteiger charge is -2.25. The van der Waals surface area contributed by atoms with Gasteiger partial charge in [-0.25, -0.2) is 0 Å². The Hall–Kier alpha value is -2.94. The highest BCUT2D eigenvalue weighted by molar-refractivity contribution is 5.79. The number of carbonyl (C=O) groups is 4. The number of aliphatic carboxylic acids is 1. The molecular formula is C26H39NO8. The Kier molecular flexibility index (Phi) is 12.4. The SMILES string of the molecule is CCCC(=O)OC(C)CC(c1ccc(OC(=O)C(C)CC)c(OC(=O)C(C)CC)c1)[C@H](N)C(=O)O. The van der Waals surface area contributed by atoms with Crippen molar-refractivity contribution in [1.29, 1.82) is 0 Å². The average molecular weight is 494 g/mol. The average Bonchev–Trinajstić information content (AvgIpc) is 2.81. The first kappa shape index (κ1) is 30.1. The lowest BCUT2D eigenvalue weighted by molar-refractivity contribution is -0.149. The van der Waals surface area contributed by atoms with Crippen LogP contribution in [0.3, 0.4) is 0 Å². The van der Waals surface area contributed by atoms with Gasteiger partial charge in [0.05, 0.1) is 17.9 Å². The largest absolute Gasteiger partial charge is 0.480 e. The summed E-state index contributed by atoms with van der Waals surface area (Å²) >= 11 is 0. The maximum absolute atomic E-state index is 12.5. The van der Waals surface area contributed by atoms with Crippen molar-refractivity contribution in [3.05, 3.63) is 23.8 Å². The van der Waals surface area contributed by atoms with E-state index in [1.165, 1.54) is 12.1 Å². The summed E-state index contributed by atoms with van der Waals surface area (Å²) in [6, 6.07) is 3.19. The van der Waals surface area contributed by atoms with E-state index >= 15 is 0 Å². The highest BCUT2D eigenvalue weighted by atomic mass is 16.6. The number of rotatable bonds is 14. The van der Waals surface area contributed by atoms with E-state index in [4.69, 9.17) is 19.9 Å². The number of hydrogen-bond acceptors (Lipinski definition) is 8. The van der Waals surface area contributed by atoms with Gasteiger partial charge in [0.1, 0.15) is 6.04 Å². The second-order valence-electron chi connectivity index (χ2n) is 8.92. The van der Waals surface area contributed by atoms with Crippen molar-refractivity contribution in [2.24, 2.45) is 17.6 Å². The molecule has 35 heavy (non-hydrogen) atoms. The highest BCUT2D eigenvalue weighted by Crippen LogP contribution is 2.35. The molecular weight excluding hydrogens is 454 g/mol. The molecule has 1 aromatic rings. The summed E-state index contributed by atoms with van der Waals surface area (Å²) < 4.78 is 16.4. The van der Waals surface area contributed by atoms with E-state index in [1.807, 2.05) is 20.8 Å². The Morgan fingerprint density at radius 2 is 1.46 bits per heavy atom. The molecule has 0 aliphatic carbocycles. The Labute approximate surface area is 207 Å². The smallest absolute Gasteiger partial charge is 0.321 e. The van der Waals surface area contributed by atoms with Crippen LogP contribution in [-0.2, 0) is 23.9 Å². The molecule has 196 valence electrons. The zero-order valence-electron chi connectivity index (χ0n) is 21.5. The van der Waals surface area contributed by atoms with Crippen molar-refractivity contribution < 1.29 is 38.5 Å². The van der Waals surface area contributed by atoms with Crippen molar-refractivity contribution in [2.45, 2.75) is 91.7 Å². The maximum atomic E-state index is 12.5. The molecule has 0 aliphatic heterocycles. The van der Waals surface area contributed by atoms with Gasteiger partial charge in [0.2, 0.25) is 0 Å². The number of nitrogens with two attached hydrogens (primary N) is 1. The van der Waals surface area contributed by atoms with Crippen molar-refractivity contribution in [1.82, 2.24) is 0 Å². The number of carbonyl (C=O) groups excluding carboxylic acids is 3. The van der Waals surface area contributed by atoms with E-state index in [1.54, 1.807) is 26.8 Å². The van der Waals surface area contributed by atoms with Crippen LogP contribution in [0.1, 0.15) is 85.1 Å². The van der Waals surface area contributed by atoms with E-state index in [2.05, 4.69) is 0 Å². The fourth-order valence-electron chi connectivity index (χ4n) is 3.23. The minimum Gasteiger partial charge on any atom is -0.480 e. The molecule has 0 heterocycles. The zero-order valence-corrected chi connectivity index (χ0v) is 21.5. The van der Waals surface area contributed by atoms with E-state index in [0.29, 0.717) is 24.8 Å². The molecule has 0 aromatic heterocycles.